The van der Waals surface area contributed by atoms with E-state index in [9.17, 15) is 20.1 Å². The number of carbonyl (C=O) groups excluding carboxylic acids is 1. The van der Waals surface area contributed by atoms with E-state index < -0.39 is 24.2 Å². The summed E-state index contributed by atoms with van der Waals surface area (Å²) in [6, 6.07) is -0.816. The van der Waals surface area contributed by atoms with Gasteiger partial charge in [-0.1, -0.05) is 184 Å². The van der Waals surface area contributed by atoms with Gasteiger partial charge in [0, 0.05) is 0 Å². The van der Waals surface area contributed by atoms with E-state index in [4.69, 9.17) is 0 Å². The fourth-order valence-corrected chi connectivity index (χ4v) is 5.90. The smallest absolute Gasteiger partial charge is 0.249 e. The summed E-state index contributed by atoms with van der Waals surface area (Å²) in [6.45, 7) is 4.13. The van der Waals surface area contributed by atoms with Crippen LogP contribution in [0, 0.1) is 0 Å². The normalized spacial score (nSPS) is 14.2. The number of allylic oxidation sites excluding steroid dienone is 7. The van der Waals surface area contributed by atoms with Crippen molar-refractivity contribution in [3.63, 3.8) is 0 Å². The van der Waals surface area contributed by atoms with Gasteiger partial charge in [0.2, 0.25) is 5.91 Å². The average Bonchev–Trinajstić information content (AvgIpc) is 3.09. The Bertz CT molecular complexity index is 790. The van der Waals surface area contributed by atoms with Crippen molar-refractivity contribution in [2.24, 2.45) is 0 Å². The zero-order valence-electron chi connectivity index (χ0n) is 31.6. The minimum Gasteiger partial charge on any atom is -0.394 e. The van der Waals surface area contributed by atoms with Crippen LogP contribution in [0.3, 0.4) is 0 Å². The molecule has 0 aromatic carbocycles. The van der Waals surface area contributed by atoms with Gasteiger partial charge in [0.1, 0.15) is 6.10 Å². The molecule has 0 rings (SSSR count). The number of aliphatic hydroxyl groups is 3. The maximum absolute atomic E-state index is 12.4. The van der Waals surface area contributed by atoms with Crippen LogP contribution in [0.2, 0.25) is 0 Å². The first-order chi connectivity index (χ1) is 23.6. The number of hydrogen-bond acceptors (Lipinski definition) is 4. The molecule has 1 amide bonds. The van der Waals surface area contributed by atoms with Crippen LogP contribution in [-0.4, -0.2) is 46.1 Å². The molecule has 280 valence electrons. The molecule has 0 aliphatic rings. The molecule has 0 bridgehead atoms. The van der Waals surface area contributed by atoms with Crippen molar-refractivity contribution >= 4 is 5.91 Å². The third-order valence-corrected chi connectivity index (χ3v) is 9.17. The van der Waals surface area contributed by atoms with Crippen LogP contribution in [0.15, 0.2) is 48.6 Å². The average molecular weight is 674 g/mol. The van der Waals surface area contributed by atoms with E-state index in [1.165, 1.54) is 135 Å². The summed E-state index contributed by atoms with van der Waals surface area (Å²) in [5.74, 6) is -0.519. The molecule has 0 aromatic rings. The summed E-state index contributed by atoms with van der Waals surface area (Å²) >= 11 is 0. The zero-order chi connectivity index (χ0) is 35.2. The highest BCUT2D eigenvalue weighted by Gasteiger charge is 2.22. The van der Waals surface area contributed by atoms with Gasteiger partial charge >= 0.3 is 0 Å². The Morgan fingerprint density at radius 1 is 0.521 bits per heavy atom. The number of hydrogen-bond donors (Lipinski definition) is 4. The number of amides is 1. The summed E-state index contributed by atoms with van der Waals surface area (Å²) in [4.78, 5) is 12.4. The van der Waals surface area contributed by atoms with E-state index in [1.54, 1.807) is 6.08 Å². The van der Waals surface area contributed by atoms with Crippen LogP contribution in [0.1, 0.15) is 194 Å². The molecule has 0 aliphatic carbocycles. The van der Waals surface area contributed by atoms with Gasteiger partial charge < -0.3 is 20.6 Å². The predicted molar refractivity (Wildman–Crippen MR) is 208 cm³/mol. The molecular weight excluding hydrogens is 594 g/mol. The van der Waals surface area contributed by atoms with Gasteiger partial charge in [-0.15, -0.1) is 0 Å². The van der Waals surface area contributed by atoms with Gasteiger partial charge in [-0.3, -0.25) is 4.79 Å². The first-order valence-corrected chi connectivity index (χ1v) is 20.5. The fourth-order valence-electron chi connectivity index (χ4n) is 5.90. The van der Waals surface area contributed by atoms with Crippen molar-refractivity contribution in [3.8, 4) is 0 Å². The quantitative estimate of drug-likeness (QED) is 0.0303. The molecule has 0 aliphatic heterocycles. The van der Waals surface area contributed by atoms with Crippen LogP contribution >= 0.6 is 0 Å². The van der Waals surface area contributed by atoms with Crippen molar-refractivity contribution in [3.05, 3.63) is 48.6 Å². The Balaban J connectivity index is 3.77. The Kier molecular flexibility index (Phi) is 36.8. The third-order valence-electron chi connectivity index (χ3n) is 9.17. The lowest BCUT2D eigenvalue weighted by molar-refractivity contribution is -0.131. The molecule has 3 atom stereocenters. The summed E-state index contributed by atoms with van der Waals surface area (Å²) in [5.41, 5.74) is 0. The second-order valence-electron chi connectivity index (χ2n) is 13.9. The van der Waals surface area contributed by atoms with Crippen LogP contribution in [0.25, 0.3) is 0 Å². The summed E-state index contributed by atoms with van der Waals surface area (Å²) in [6.07, 6.45) is 48.4. The van der Waals surface area contributed by atoms with E-state index in [2.05, 4.69) is 55.6 Å². The number of aliphatic hydroxyl groups excluding tert-OH is 3. The lowest BCUT2D eigenvalue weighted by Crippen LogP contribution is -2.48. The first-order valence-electron chi connectivity index (χ1n) is 20.5. The highest BCUT2D eigenvalue weighted by atomic mass is 16.3. The molecule has 0 radical (unpaired) electrons. The molecule has 3 unspecified atom stereocenters. The SMILES string of the molecule is CCCCC/C=C\C=C/CCCCCCCCCCCC(O)C(=O)NC(CO)C(O)/C=C/CC/C=C/CCCCCCCCCCCC. The van der Waals surface area contributed by atoms with E-state index in [0.717, 1.165) is 38.5 Å². The molecule has 0 saturated carbocycles. The van der Waals surface area contributed by atoms with Crippen molar-refractivity contribution in [1.82, 2.24) is 5.32 Å². The van der Waals surface area contributed by atoms with Crippen molar-refractivity contribution in [2.75, 3.05) is 6.61 Å². The van der Waals surface area contributed by atoms with E-state index in [1.807, 2.05) is 6.08 Å². The molecule has 5 heteroatoms. The van der Waals surface area contributed by atoms with Gasteiger partial charge in [-0.2, -0.15) is 0 Å². The highest BCUT2D eigenvalue weighted by molar-refractivity contribution is 5.80. The van der Waals surface area contributed by atoms with Crippen LogP contribution in [0.5, 0.6) is 0 Å². The molecule has 4 N–H and O–H groups in total. The van der Waals surface area contributed by atoms with E-state index in [-0.39, 0.29) is 6.61 Å². The topological polar surface area (TPSA) is 89.8 Å². The Morgan fingerprint density at radius 3 is 1.44 bits per heavy atom. The highest BCUT2D eigenvalue weighted by Crippen LogP contribution is 2.14. The Hall–Kier alpha value is -1.69. The molecule has 5 nitrogen and oxygen atoms in total. The summed E-state index contributed by atoms with van der Waals surface area (Å²) in [7, 11) is 0. The maximum Gasteiger partial charge on any atom is 0.249 e. The van der Waals surface area contributed by atoms with Gasteiger partial charge in [0.25, 0.3) is 0 Å². The van der Waals surface area contributed by atoms with Gasteiger partial charge in [0.05, 0.1) is 18.8 Å². The van der Waals surface area contributed by atoms with E-state index >= 15 is 0 Å². The first kappa shape index (κ1) is 46.3. The molecule has 0 heterocycles. The molecule has 0 spiro atoms. The lowest BCUT2D eigenvalue weighted by atomic mass is 10.0. The minimum atomic E-state index is -1.11. The Labute approximate surface area is 297 Å². The number of unbranched alkanes of at least 4 members (excludes halogenated alkanes) is 23. The third kappa shape index (κ3) is 32.8. The van der Waals surface area contributed by atoms with Crippen molar-refractivity contribution < 1.29 is 20.1 Å². The molecular formula is C43H79NO4. The summed E-state index contributed by atoms with van der Waals surface area (Å²) < 4.78 is 0. The van der Waals surface area contributed by atoms with Crippen LogP contribution < -0.4 is 5.32 Å². The van der Waals surface area contributed by atoms with Crippen LogP contribution in [0.4, 0.5) is 0 Å². The standard InChI is InChI=1S/C43H79NO4/c1-3-5-7-9-11-13-15-17-19-21-22-24-26-28-30-32-34-36-38-42(47)43(48)44-40(39-45)41(46)37-35-33-31-29-27-25-23-20-18-16-14-12-10-8-6-4-2/h11,13,15,17,27,29,35,37,40-42,45-47H,3-10,12,14,16,18-26,28,30-34,36,38-39H2,1-2H3,(H,44,48)/b13-11-,17-15-,29-27+,37-35+. The number of rotatable bonds is 36. The predicted octanol–water partition coefficient (Wildman–Crippen LogP) is 11.4. The number of carbonyl (C=O) groups is 1. The zero-order valence-corrected chi connectivity index (χ0v) is 31.6. The monoisotopic (exact) mass is 674 g/mol. The van der Waals surface area contributed by atoms with Gasteiger partial charge in [-0.25, -0.2) is 0 Å². The van der Waals surface area contributed by atoms with E-state index in [0.29, 0.717) is 6.42 Å². The molecule has 0 aromatic heterocycles. The Morgan fingerprint density at radius 2 is 0.917 bits per heavy atom. The summed E-state index contributed by atoms with van der Waals surface area (Å²) in [5, 5.41) is 33.0. The minimum absolute atomic E-state index is 0.379. The maximum atomic E-state index is 12.4. The van der Waals surface area contributed by atoms with Crippen molar-refractivity contribution in [1.29, 1.82) is 0 Å². The number of nitrogens with one attached hydrogen (secondary N) is 1. The second-order valence-corrected chi connectivity index (χ2v) is 13.9. The largest absolute Gasteiger partial charge is 0.394 e. The van der Waals surface area contributed by atoms with Gasteiger partial charge in [0.15, 0.2) is 0 Å². The molecule has 0 saturated heterocycles. The second kappa shape index (κ2) is 38.1. The molecule has 48 heavy (non-hydrogen) atoms. The molecule has 0 fully saturated rings. The fraction of sp³-hybridized carbons (Fsp3) is 0.791. The lowest BCUT2D eigenvalue weighted by Gasteiger charge is -2.21. The van der Waals surface area contributed by atoms with Crippen LogP contribution in [-0.2, 0) is 4.79 Å². The van der Waals surface area contributed by atoms with Gasteiger partial charge in [-0.05, 0) is 57.8 Å². The van der Waals surface area contributed by atoms with Crippen molar-refractivity contribution in [2.45, 2.75) is 212 Å².